The Morgan fingerprint density at radius 2 is 1.74 bits per heavy atom. The Balaban J connectivity index is 2.24. The number of carbonyl (C=O) groups excluding carboxylic acids is 1. The monoisotopic (exact) mass is 329 g/mol. The van der Waals surface area contributed by atoms with E-state index in [2.05, 4.69) is 5.32 Å². The zero-order valence-electron chi connectivity index (χ0n) is 12.9. The molecule has 2 aromatic rings. The topological polar surface area (TPSA) is 66.4 Å². The number of benzene rings is 2. The predicted octanol–water partition coefficient (Wildman–Crippen LogP) is 3.29. The third-order valence-electron chi connectivity index (χ3n) is 3.35. The van der Waals surface area contributed by atoms with Gasteiger partial charge >= 0.3 is 5.97 Å². The molecule has 0 bridgehead atoms. The van der Waals surface area contributed by atoms with Gasteiger partial charge in [-0.3, -0.25) is 4.79 Å². The van der Waals surface area contributed by atoms with Gasteiger partial charge in [-0.25, -0.2) is 4.79 Å². The first-order valence-corrected chi connectivity index (χ1v) is 8.54. The van der Waals surface area contributed by atoms with Crippen LogP contribution in [0.5, 0.6) is 0 Å². The maximum atomic E-state index is 12.5. The Morgan fingerprint density at radius 3 is 2.39 bits per heavy atom. The molecule has 0 aliphatic rings. The minimum atomic E-state index is -1.02. The summed E-state index contributed by atoms with van der Waals surface area (Å²) in [6, 6.07) is 15.9. The van der Waals surface area contributed by atoms with Crippen molar-refractivity contribution in [3.05, 3.63) is 60.2 Å². The maximum absolute atomic E-state index is 12.5. The zero-order valence-corrected chi connectivity index (χ0v) is 13.7. The molecule has 4 nitrogen and oxygen atoms in total. The van der Waals surface area contributed by atoms with Crippen LogP contribution in [0.3, 0.4) is 0 Å². The number of carbonyl (C=O) groups is 2. The molecule has 0 saturated heterocycles. The summed E-state index contributed by atoms with van der Waals surface area (Å²) < 4.78 is 0. The molecule has 0 aliphatic heterocycles. The van der Waals surface area contributed by atoms with Gasteiger partial charge in [-0.15, -0.1) is 0 Å². The van der Waals surface area contributed by atoms with Gasteiger partial charge in [-0.1, -0.05) is 55.5 Å². The highest BCUT2D eigenvalue weighted by Crippen LogP contribution is 2.23. The van der Waals surface area contributed by atoms with Crippen molar-refractivity contribution in [1.29, 1.82) is 0 Å². The molecular formula is C18H19NO3S. The fraction of sp³-hybridized carbons (Fsp3) is 0.222. The molecule has 1 atom stereocenters. The van der Waals surface area contributed by atoms with Gasteiger partial charge in [-0.2, -0.15) is 11.8 Å². The fourth-order valence-corrected chi connectivity index (χ4v) is 2.89. The minimum Gasteiger partial charge on any atom is -0.480 e. The summed E-state index contributed by atoms with van der Waals surface area (Å²) in [5.41, 5.74) is 2.19. The van der Waals surface area contributed by atoms with E-state index < -0.39 is 12.0 Å². The van der Waals surface area contributed by atoms with Crippen LogP contribution in [0.15, 0.2) is 54.6 Å². The minimum absolute atomic E-state index is 0.352. The van der Waals surface area contributed by atoms with Crippen molar-refractivity contribution in [1.82, 2.24) is 5.32 Å². The molecule has 0 fully saturated rings. The van der Waals surface area contributed by atoms with Crippen LogP contribution >= 0.6 is 11.8 Å². The number of hydrogen-bond acceptors (Lipinski definition) is 3. The highest BCUT2D eigenvalue weighted by atomic mass is 32.2. The highest BCUT2D eigenvalue weighted by molar-refractivity contribution is 7.99. The van der Waals surface area contributed by atoms with Crippen LogP contribution in [-0.4, -0.2) is 34.5 Å². The lowest BCUT2D eigenvalue weighted by Crippen LogP contribution is -2.42. The van der Waals surface area contributed by atoms with E-state index in [0.29, 0.717) is 11.3 Å². The number of hydrogen-bond donors (Lipinski definition) is 2. The smallest absolute Gasteiger partial charge is 0.327 e. The van der Waals surface area contributed by atoms with E-state index in [-0.39, 0.29) is 5.91 Å². The van der Waals surface area contributed by atoms with Crippen molar-refractivity contribution in [2.75, 3.05) is 11.5 Å². The SMILES string of the molecule is CCSC[C@H](NC(=O)c1ccccc1-c1ccccc1)C(=O)O. The molecule has 0 unspecified atom stereocenters. The molecular weight excluding hydrogens is 310 g/mol. The van der Waals surface area contributed by atoms with Gasteiger partial charge in [0.2, 0.25) is 0 Å². The number of thioether (sulfide) groups is 1. The molecule has 2 aromatic carbocycles. The molecule has 0 aliphatic carbocycles. The largest absolute Gasteiger partial charge is 0.480 e. The summed E-state index contributed by atoms with van der Waals surface area (Å²) in [6.45, 7) is 1.95. The highest BCUT2D eigenvalue weighted by Gasteiger charge is 2.21. The average molecular weight is 329 g/mol. The number of aliphatic carboxylic acids is 1. The van der Waals surface area contributed by atoms with Crippen molar-refractivity contribution in [2.24, 2.45) is 0 Å². The van der Waals surface area contributed by atoms with Gasteiger partial charge in [-0.05, 0) is 22.9 Å². The number of amides is 1. The molecule has 0 spiro atoms. The number of carboxylic acid groups (broad SMARTS) is 1. The van der Waals surface area contributed by atoms with Crippen molar-refractivity contribution in [2.45, 2.75) is 13.0 Å². The lowest BCUT2D eigenvalue weighted by atomic mass is 9.99. The Labute approximate surface area is 139 Å². The number of rotatable bonds is 7. The van der Waals surface area contributed by atoms with E-state index in [1.54, 1.807) is 12.1 Å². The Morgan fingerprint density at radius 1 is 1.09 bits per heavy atom. The summed E-state index contributed by atoms with van der Waals surface area (Å²) in [5.74, 6) is -0.226. The lowest BCUT2D eigenvalue weighted by molar-refractivity contribution is -0.138. The third-order valence-corrected chi connectivity index (χ3v) is 4.33. The summed E-state index contributed by atoms with van der Waals surface area (Å²) in [4.78, 5) is 23.8. The van der Waals surface area contributed by atoms with E-state index in [1.807, 2.05) is 49.4 Å². The van der Waals surface area contributed by atoms with E-state index in [0.717, 1.165) is 16.9 Å². The number of carboxylic acids is 1. The normalized spacial score (nSPS) is 11.7. The Bertz CT molecular complexity index is 673. The summed E-state index contributed by atoms with van der Waals surface area (Å²) in [5, 5.41) is 11.9. The second-order valence-electron chi connectivity index (χ2n) is 4.94. The quantitative estimate of drug-likeness (QED) is 0.818. The molecule has 2 N–H and O–H groups in total. The van der Waals surface area contributed by atoms with Crippen LogP contribution in [0.2, 0.25) is 0 Å². The summed E-state index contributed by atoms with van der Waals surface area (Å²) in [6.07, 6.45) is 0. The summed E-state index contributed by atoms with van der Waals surface area (Å²) in [7, 11) is 0. The first kappa shape index (κ1) is 17.1. The molecule has 2 rings (SSSR count). The molecule has 1 amide bonds. The maximum Gasteiger partial charge on any atom is 0.327 e. The molecule has 5 heteroatoms. The standard InChI is InChI=1S/C18H19NO3S/c1-2-23-12-16(18(21)22)19-17(20)15-11-7-6-10-14(15)13-8-4-3-5-9-13/h3-11,16H,2,12H2,1H3,(H,19,20)(H,21,22)/t16-/m0/s1. The van der Waals surface area contributed by atoms with Gasteiger partial charge in [0.1, 0.15) is 6.04 Å². The van der Waals surface area contributed by atoms with Crippen molar-refractivity contribution in [3.63, 3.8) is 0 Å². The lowest BCUT2D eigenvalue weighted by Gasteiger charge is -2.15. The van der Waals surface area contributed by atoms with Crippen LogP contribution in [0.1, 0.15) is 17.3 Å². The van der Waals surface area contributed by atoms with Crippen molar-refractivity contribution >= 4 is 23.6 Å². The van der Waals surface area contributed by atoms with Gasteiger partial charge in [0.25, 0.3) is 5.91 Å². The van der Waals surface area contributed by atoms with E-state index >= 15 is 0 Å². The van der Waals surface area contributed by atoms with Crippen LogP contribution in [0, 0.1) is 0 Å². The second-order valence-corrected chi connectivity index (χ2v) is 6.25. The first-order valence-electron chi connectivity index (χ1n) is 7.39. The molecule has 0 aromatic heterocycles. The van der Waals surface area contributed by atoms with Gasteiger partial charge in [0.15, 0.2) is 0 Å². The molecule has 0 saturated carbocycles. The van der Waals surface area contributed by atoms with Crippen LogP contribution in [0.4, 0.5) is 0 Å². The average Bonchev–Trinajstić information content (AvgIpc) is 2.59. The van der Waals surface area contributed by atoms with Crippen LogP contribution in [0.25, 0.3) is 11.1 Å². The first-order chi connectivity index (χ1) is 11.1. The Hall–Kier alpha value is -2.27. The molecule has 0 heterocycles. The Kier molecular flexibility index (Phi) is 6.23. The zero-order chi connectivity index (χ0) is 16.7. The van der Waals surface area contributed by atoms with Crippen molar-refractivity contribution < 1.29 is 14.7 Å². The molecule has 0 radical (unpaired) electrons. The fourth-order valence-electron chi connectivity index (χ4n) is 2.20. The summed E-state index contributed by atoms with van der Waals surface area (Å²) >= 11 is 1.49. The number of nitrogens with one attached hydrogen (secondary N) is 1. The van der Waals surface area contributed by atoms with Gasteiger partial charge in [0.05, 0.1) is 0 Å². The molecule has 23 heavy (non-hydrogen) atoms. The van der Waals surface area contributed by atoms with Gasteiger partial charge < -0.3 is 10.4 Å². The molecule has 120 valence electrons. The predicted molar refractivity (Wildman–Crippen MR) is 93.8 cm³/mol. The van der Waals surface area contributed by atoms with Crippen LogP contribution < -0.4 is 5.32 Å². The van der Waals surface area contributed by atoms with E-state index in [4.69, 9.17) is 0 Å². The van der Waals surface area contributed by atoms with E-state index in [9.17, 15) is 14.7 Å². The van der Waals surface area contributed by atoms with Crippen LogP contribution in [-0.2, 0) is 4.79 Å². The van der Waals surface area contributed by atoms with Crippen molar-refractivity contribution in [3.8, 4) is 11.1 Å². The van der Waals surface area contributed by atoms with E-state index in [1.165, 1.54) is 11.8 Å². The van der Waals surface area contributed by atoms with Gasteiger partial charge in [0, 0.05) is 11.3 Å². The second kappa shape index (κ2) is 8.39. The third kappa shape index (κ3) is 4.60.